The van der Waals surface area contributed by atoms with E-state index in [0.29, 0.717) is 32.6 Å². The number of hydrogen-bond donors (Lipinski definition) is 0. The van der Waals surface area contributed by atoms with Gasteiger partial charge >= 0.3 is 12.1 Å². The SMILES string of the molecule is BN(C)CC(=O)N(C)CC(=O)O[C@@H](CC(C)C)C(=O)N1CCN(C(=O)OCc2ccccc2)CC1. The third-order valence-corrected chi connectivity index (χ3v) is 5.53. The van der Waals surface area contributed by atoms with Crippen LogP contribution in [-0.2, 0) is 30.5 Å². The van der Waals surface area contributed by atoms with Gasteiger partial charge in [-0.1, -0.05) is 44.2 Å². The van der Waals surface area contributed by atoms with Crippen LogP contribution < -0.4 is 0 Å². The van der Waals surface area contributed by atoms with Gasteiger partial charge in [0, 0.05) is 33.2 Å². The fourth-order valence-corrected chi connectivity index (χ4v) is 3.62. The molecule has 0 saturated carbocycles. The van der Waals surface area contributed by atoms with E-state index >= 15 is 0 Å². The predicted octanol–water partition coefficient (Wildman–Crippen LogP) is 0.364. The normalized spacial score (nSPS) is 14.6. The van der Waals surface area contributed by atoms with E-state index in [9.17, 15) is 19.2 Å². The molecule has 1 heterocycles. The summed E-state index contributed by atoms with van der Waals surface area (Å²) in [5.74, 6) is -0.999. The van der Waals surface area contributed by atoms with Crippen molar-refractivity contribution in [2.45, 2.75) is 33.0 Å². The van der Waals surface area contributed by atoms with Crippen LogP contribution in [0.4, 0.5) is 4.79 Å². The van der Waals surface area contributed by atoms with E-state index in [1.807, 2.05) is 44.2 Å². The Bertz CT molecular complexity index is 859. The zero-order valence-corrected chi connectivity index (χ0v) is 21.4. The van der Waals surface area contributed by atoms with Gasteiger partial charge in [-0.05, 0) is 24.9 Å². The quantitative estimate of drug-likeness (QED) is 0.347. The van der Waals surface area contributed by atoms with Crippen molar-refractivity contribution in [1.29, 1.82) is 0 Å². The summed E-state index contributed by atoms with van der Waals surface area (Å²) in [5, 5.41) is 0. The Morgan fingerprint density at radius 1 is 0.971 bits per heavy atom. The number of carbonyl (C=O) groups is 4. The molecule has 1 fully saturated rings. The summed E-state index contributed by atoms with van der Waals surface area (Å²) in [5.41, 5.74) is 0.905. The molecule has 1 aliphatic heterocycles. The Kier molecular flexibility index (Phi) is 11.0. The smallest absolute Gasteiger partial charge is 0.410 e. The van der Waals surface area contributed by atoms with Crippen molar-refractivity contribution in [3.8, 4) is 0 Å². The molecule has 0 unspecified atom stereocenters. The lowest BCUT2D eigenvalue weighted by Crippen LogP contribution is -2.54. The minimum absolute atomic E-state index is 0.124. The maximum Gasteiger partial charge on any atom is 0.410 e. The van der Waals surface area contributed by atoms with Gasteiger partial charge in [0.25, 0.3) is 5.91 Å². The second-order valence-electron chi connectivity index (χ2n) is 9.45. The zero-order chi connectivity index (χ0) is 26.0. The molecule has 0 radical (unpaired) electrons. The predicted molar refractivity (Wildman–Crippen MR) is 133 cm³/mol. The number of rotatable bonds is 10. The van der Waals surface area contributed by atoms with Crippen LogP contribution in [0, 0.1) is 5.92 Å². The fourth-order valence-electron chi connectivity index (χ4n) is 3.62. The van der Waals surface area contributed by atoms with Gasteiger partial charge in [0.2, 0.25) is 5.91 Å². The molecule has 35 heavy (non-hydrogen) atoms. The van der Waals surface area contributed by atoms with Gasteiger partial charge in [-0.3, -0.25) is 14.4 Å². The first-order chi connectivity index (χ1) is 16.6. The zero-order valence-electron chi connectivity index (χ0n) is 21.4. The number of hydrogen-bond acceptors (Lipinski definition) is 7. The van der Waals surface area contributed by atoms with E-state index in [1.54, 1.807) is 29.6 Å². The standard InChI is InChI=1S/C24H37BN4O6/c1-18(2)14-20(35-22(31)16-26(3)21(30)15-27(4)25)23(32)28-10-12-29(13-11-28)24(33)34-17-19-8-6-5-7-9-19/h5-9,18,20H,10-17,25H2,1-4H3/t20-/m0/s1. The lowest BCUT2D eigenvalue weighted by molar-refractivity contribution is -0.163. The topological polar surface area (TPSA) is 99.7 Å². The molecule has 0 aliphatic carbocycles. The molecular formula is C24H37BN4O6. The van der Waals surface area contributed by atoms with Crippen LogP contribution in [0.2, 0.25) is 0 Å². The monoisotopic (exact) mass is 488 g/mol. The van der Waals surface area contributed by atoms with Gasteiger partial charge < -0.3 is 29.0 Å². The van der Waals surface area contributed by atoms with Crippen LogP contribution in [0.15, 0.2) is 30.3 Å². The molecule has 1 aromatic carbocycles. The number of carbonyl (C=O) groups excluding carboxylic acids is 4. The number of piperazine rings is 1. The van der Waals surface area contributed by atoms with Crippen molar-refractivity contribution in [3.63, 3.8) is 0 Å². The van der Waals surface area contributed by atoms with Crippen molar-refractivity contribution >= 4 is 31.9 Å². The molecule has 0 aromatic heterocycles. The number of esters is 1. The van der Waals surface area contributed by atoms with Gasteiger partial charge in [-0.2, -0.15) is 0 Å². The van der Waals surface area contributed by atoms with E-state index in [0.717, 1.165) is 5.56 Å². The summed E-state index contributed by atoms with van der Waals surface area (Å²) < 4.78 is 10.9. The van der Waals surface area contributed by atoms with Crippen LogP contribution in [0.25, 0.3) is 0 Å². The number of benzene rings is 1. The molecular weight excluding hydrogens is 451 g/mol. The number of nitrogens with zero attached hydrogens (tertiary/aromatic N) is 4. The van der Waals surface area contributed by atoms with Crippen molar-refractivity contribution < 1.29 is 28.7 Å². The van der Waals surface area contributed by atoms with Crippen molar-refractivity contribution in [2.24, 2.45) is 5.92 Å². The van der Waals surface area contributed by atoms with E-state index in [2.05, 4.69) is 0 Å². The number of likely N-dealkylation sites (N-methyl/N-ethyl adjacent to an activating group) is 2. The average molecular weight is 488 g/mol. The molecule has 1 aliphatic rings. The molecule has 10 nitrogen and oxygen atoms in total. The summed E-state index contributed by atoms with van der Waals surface area (Å²) in [6.45, 7) is 5.36. The van der Waals surface area contributed by atoms with E-state index in [-0.39, 0.29) is 37.4 Å². The average Bonchev–Trinajstić information content (AvgIpc) is 2.81. The van der Waals surface area contributed by atoms with Crippen LogP contribution in [0.1, 0.15) is 25.8 Å². The molecule has 3 amide bonds. The highest BCUT2D eigenvalue weighted by Gasteiger charge is 2.32. The molecule has 0 N–H and O–H groups in total. The summed E-state index contributed by atoms with van der Waals surface area (Å²) in [4.78, 5) is 56.3. The first-order valence-corrected chi connectivity index (χ1v) is 11.9. The Morgan fingerprint density at radius 2 is 1.57 bits per heavy atom. The molecule has 1 saturated heterocycles. The minimum Gasteiger partial charge on any atom is -0.451 e. The van der Waals surface area contributed by atoms with Gasteiger partial charge in [-0.15, -0.1) is 0 Å². The highest BCUT2D eigenvalue weighted by Crippen LogP contribution is 2.15. The van der Waals surface area contributed by atoms with E-state index < -0.39 is 18.2 Å². The molecule has 2 rings (SSSR count). The molecule has 1 aromatic rings. The third kappa shape index (κ3) is 9.60. The van der Waals surface area contributed by atoms with Crippen molar-refractivity contribution in [3.05, 3.63) is 35.9 Å². The van der Waals surface area contributed by atoms with Gasteiger partial charge in [0.05, 0.1) is 6.54 Å². The summed E-state index contributed by atoms with van der Waals surface area (Å²) in [6.07, 6.45) is -0.979. The van der Waals surface area contributed by atoms with E-state index in [1.165, 1.54) is 11.9 Å². The van der Waals surface area contributed by atoms with Gasteiger partial charge in [0.1, 0.15) is 13.2 Å². The highest BCUT2D eigenvalue weighted by atomic mass is 16.6. The molecule has 192 valence electrons. The van der Waals surface area contributed by atoms with Gasteiger partial charge in [0.15, 0.2) is 14.1 Å². The Hall–Kier alpha value is -3.08. The highest BCUT2D eigenvalue weighted by molar-refractivity contribution is 6.05. The van der Waals surface area contributed by atoms with Gasteiger partial charge in [-0.25, -0.2) is 4.79 Å². The number of amides is 3. The van der Waals surface area contributed by atoms with Crippen LogP contribution in [-0.4, -0.2) is 111 Å². The summed E-state index contributed by atoms with van der Waals surface area (Å²) in [6, 6.07) is 9.43. The maximum absolute atomic E-state index is 13.1. The maximum atomic E-state index is 13.1. The lowest BCUT2D eigenvalue weighted by atomic mass is 10.0. The second kappa shape index (κ2) is 13.7. The first-order valence-electron chi connectivity index (χ1n) is 11.9. The molecule has 11 heteroatoms. The number of ether oxygens (including phenoxy) is 2. The summed E-state index contributed by atoms with van der Waals surface area (Å²) >= 11 is 0. The van der Waals surface area contributed by atoms with Crippen LogP contribution >= 0.6 is 0 Å². The summed E-state index contributed by atoms with van der Waals surface area (Å²) in [7, 11) is 5.07. The molecule has 0 bridgehead atoms. The third-order valence-electron chi connectivity index (χ3n) is 5.53. The molecule has 0 spiro atoms. The largest absolute Gasteiger partial charge is 0.451 e. The molecule has 1 atom stereocenters. The second-order valence-corrected chi connectivity index (χ2v) is 9.45. The van der Waals surface area contributed by atoms with Crippen molar-refractivity contribution in [2.75, 3.05) is 53.4 Å². The first kappa shape index (κ1) is 28.2. The Morgan fingerprint density at radius 3 is 2.14 bits per heavy atom. The van der Waals surface area contributed by atoms with Crippen molar-refractivity contribution in [1.82, 2.24) is 19.5 Å². The fraction of sp³-hybridized carbons (Fsp3) is 0.583. The Labute approximate surface area is 208 Å². The van der Waals surface area contributed by atoms with Crippen LogP contribution in [0.5, 0.6) is 0 Å². The Balaban J connectivity index is 1.87. The van der Waals surface area contributed by atoms with E-state index in [4.69, 9.17) is 9.47 Å². The van der Waals surface area contributed by atoms with Crippen LogP contribution in [0.3, 0.4) is 0 Å². The minimum atomic E-state index is -0.934. The lowest BCUT2D eigenvalue weighted by Gasteiger charge is -2.36.